The summed E-state index contributed by atoms with van der Waals surface area (Å²) in [5.74, 6) is 0. The molecule has 2 unspecified atom stereocenters. The summed E-state index contributed by atoms with van der Waals surface area (Å²) in [6, 6.07) is 24.7. The molecule has 2 atom stereocenters. The molecule has 0 saturated carbocycles. The standard InChI is InChI=1S/C30H26N2O6S2.2Na.2H/c33-39(34,35)27-15-21(29-25-7-3-1-5-23(25)17-31-29)13-11-19(27)9-10-20-12-14-22(16-28(20)40(36,37)38)30-26-8-4-2-6-24(26)18-32-30;;;;/h1-16,29-32H,17-18H2,(H,33,34,35)(H,36,37,38);;;;/q;2*+1;2*-1. The van der Waals surface area contributed by atoms with Gasteiger partial charge in [-0.3, -0.25) is 9.11 Å². The van der Waals surface area contributed by atoms with Gasteiger partial charge in [-0.1, -0.05) is 84.9 Å². The van der Waals surface area contributed by atoms with Crippen LogP contribution in [0.25, 0.3) is 12.2 Å². The van der Waals surface area contributed by atoms with Crippen LogP contribution in [0.5, 0.6) is 0 Å². The molecule has 2 aliphatic rings. The van der Waals surface area contributed by atoms with Crippen molar-refractivity contribution in [3.63, 3.8) is 0 Å². The SMILES string of the molecule is O=S(=O)(O)c1cc(C2NCc3ccccc32)ccc1C=Cc1ccc(C2NCc3ccccc32)cc1S(=O)(=O)O.[H-].[H-].[Na+].[Na+]. The van der Waals surface area contributed by atoms with E-state index in [-0.39, 0.29) is 95.0 Å². The maximum atomic E-state index is 12.4. The number of nitrogens with one attached hydrogen (secondary N) is 2. The van der Waals surface area contributed by atoms with E-state index >= 15 is 0 Å². The summed E-state index contributed by atoms with van der Waals surface area (Å²) in [6.07, 6.45) is 2.82. The van der Waals surface area contributed by atoms with Crippen LogP contribution >= 0.6 is 0 Å². The summed E-state index contributed by atoms with van der Waals surface area (Å²) >= 11 is 0. The van der Waals surface area contributed by atoms with Crippen LogP contribution in [0.2, 0.25) is 0 Å². The smallest absolute Gasteiger partial charge is 1.00 e. The van der Waals surface area contributed by atoms with Crippen molar-refractivity contribution in [1.82, 2.24) is 10.6 Å². The third-order valence-electron chi connectivity index (χ3n) is 7.47. The Morgan fingerprint density at radius 2 is 1.00 bits per heavy atom. The predicted molar refractivity (Wildman–Crippen MR) is 154 cm³/mol. The Morgan fingerprint density at radius 3 is 1.38 bits per heavy atom. The Morgan fingerprint density at radius 1 is 0.619 bits per heavy atom. The summed E-state index contributed by atoms with van der Waals surface area (Å²) in [7, 11) is -9.21. The Labute approximate surface area is 292 Å². The third-order valence-corrected chi connectivity index (χ3v) is 9.28. The summed E-state index contributed by atoms with van der Waals surface area (Å²) < 4.78 is 69.5. The van der Waals surface area contributed by atoms with E-state index in [0.717, 1.165) is 22.3 Å². The van der Waals surface area contributed by atoms with Crippen molar-refractivity contribution in [1.29, 1.82) is 0 Å². The van der Waals surface area contributed by atoms with Crippen molar-refractivity contribution in [2.75, 3.05) is 0 Å². The first-order valence-corrected chi connectivity index (χ1v) is 15.5. The maximum absolute atomic E-state index is 12.4. The largest absolute Gasteiger partial charge is 1.00 e. The van der Waals surface area contributed by atoms with Gasteiger partial charge in [0, 0.05) is 13.1 Å². The molecular formula is C30H28N2Na2O6S2. The second-order valence-corrected chi connectivity index (χ2v) is 12.7. The predicted octanol–water partition coefficient (Wildman–Crippen LogP) is -1.03. The zero-order chi connectivity index (χ0) is 28.1. The maximum Gasteiger partial charge on any atom is 1.00 e. The first-order valence-electron chi connectivity index (χ1n) is 12.6. The minimum atomic E-state index is -4.61. The Kier molecular flexibility index (Phi) is 10.4. The molecule has 4 aromatic rings. The fraction of sp³-hybridized carbons (Fsp3) is 0.133. The summed E-state index contributed by atoms with van der Waals surface area (Å²) in [5, 5.41) is 6.72. The van der Waals surface area contributed by atoms with Gasteiger partial charge in [-0.15, -0.1) is 0 Å². The quantitative estimate of drug-likeness (QED) is 0.122. The molecule has 0 amide bonds. The summed E-state index contributed by atoms with van der Waals surface area (Å²) in [4.78, 5) is -0.603. The van der Waals surface area contributed by atoms with E-state index in [2.05, 4.69) is 10.6 Å². The molecule has 208 valence electrons. The number of hydrogen-bond acceptors (Lipinski definition) is 6. The first-order chi connectivity index (χ1) is 19.1. The minimum Gasteiger partial charge on any atom is -1.00 e. The average molecular weight is 623 g/mol. The normalized spacial score (nSPS) is 17.8. The monoisotopic (exact) mass is 622 g/mol. The van der Waals surface area contributed by atoms with Crippen molar-refractivity contribution in [3.05, 3.63) is 129 Å². The van der Waals surface area contributed by atoms with Gasteiger partial charge in [0.05, 0.1) is 12.1 Å². The first kappa shape index (κ1) is 33.3. The molecule has 0 aliphatic carbocycles. The van der Waals surface area contributed by atoms with Gasteiger partial charge in [0.2, 0.25) is 0 Å². The molecule has 12 heteroatoms. The van der Waals surface area contributed by atoms with Crippen LogP contribution in [-0.2, 0) is 33.3 Å². The molecule has 8 nitrogen and oxygen atoms in total. The van der Waals surface area contributed by atoms with Crippen LogP contribution in [0.1, 0.15) is 59.4 Å². The average Bonchev–Trinajstić information content (AvgIpc) is 3.55. The van der Waals surface area contributed by atoms with E-state index in [0.29, 0.717) is 24.2 Å². The van der Waals surface area contributed by atoms with Crippen molar-refractivity contribution < 1.29 is 87.9 Å². The number of fused-ring (bicyclic) bond motifs is 2. The Balaban J connectivity index is 0.00000169. The molecule has 6 rings (SSSR count). The molecule has 0 spiro atoms. The van der Waals surface area contributed by atoms with Crippen LogP contribution < -0.4 is 69.7 Å². The summed E-state index contributed by atoms with van der Waals surface area (Å²) in [6.45, 7) is 1.28. The van der Waals surface area contributed by atoms with Gasteiger partial charge in [0.1, 0.15) is 9.79 Å². The van der Waals surface area contributed by atoms with E-state index in [4.69, 9.17) is 0 Å². The van der Waals surface area contributed by atoms with E-state index in [1.165, 1.54) is 24.3 Å². The van der Waals surface area contributed by atoms with Gasteiger partial charge in [-0.2, -0.15) is 16.8 Å². The van der Waals surface area contributed by atoms with Gasteiger partial charge in [0.25, 0.3) is 20.2 Å². The Bertz CT molecular complexity index is 1770. The van der Waals surface area contributed by atoms with Crippen LogP contribution in [-0.4, -0.2) is 25.9 Å². The molecular weight excluding hydrogens is 594 g/mol. The molecule has 0 radical (unpaired) electrons. The van der Waals surface area contributed by atoms with Crippen LogP contribution in [0.15, 0.2) is 94.7 Å². The molecule has 0 fully saturated rings. The second kappa shape index (κ2) is 13.2. The summed E-state index contributed by atoms with van der Waals surface area (Å²) in [5.41, 5.74) is 5.98. The molecule has 4 aromatic carbocycles. The third kappa shape index (κ3) is 6.71. The topological polar surface area (TPSA) is 133 Å². The molecule has 0 bridgehead atoms. The van der Waals surface area contributed by atoms with Gasteiger partial charge in [0.15, 0.2) is 0 Å². The van der Waals surface area contributed by atoms with Gasteiger partial charge >= 0.3 is 59.1 Å². The van der Waals surface area contributed by atoms with Crippen molar-refractivity contribution >= 4 is 32.4 Å². The van der Waals surface area contributed by atoms with E-state index < -0.39 is 20.2 Å². The number of hydrogen-bond donors (Lipinski definition) is 4. The molecule has 2 aliphatic heterocycles. The van der Waals surface area contributed by atoms with Gasteiger partial charge in [-0.25, -0.2) is 0 Å². The van der Waals surface area contributed by atoms with Crippen molar-refractivity contribution in [2.24, 2.45) is 0 Å². The second-order valence-electron chi connectivity index (χ2n) is 9.90. The zero-order valence-electron chi connectivity index (χ0n) is 25.2. The zero-order valence-corrected chi connectivity index (χ0v) is 28.8. The minimum absolute atomic E-state index is 0. The van der Waals surface area contributed by atoms with Crippen LogP contribution in [0, 0.1) is 0 Å². The van der Waals surface area contributed by atoms with Gasteiger partial charge < -0.3 is 13.5 Å². The molecule has 42 heavy (non-hydrogen) atoms. The fourth-order valence-corrected chi connectivity index (χ4v) is 6.99. The van der Waals surface area contributed by atoms with Crippen molar-refractivity contribution in [3.8, 4) is 0 Å². The number of benzene rings is 4. The van der Waals surface area contributed by atoms with E-state index in [1.54, 1.807) is 24.3 Å². The molecule has 0 saturated heterocycles. The molecule has 4 N–H and O–H groups in total. The van der Waals surface area contributed by atoms with E-state index in [9.17, 15) is 25.9 Å². The van der Waals surface area contributed by atoms with E-state index in [1.807, 2.05) is 48.5 Å². The van der Waals surface area contributed by atoms with Crippen LogP contribution in [0.4, 0.5) is 0 Å². The molecule has 0 aromatic heterocycles. The van der Waals surface area contributed by atoms with Crippen molar-refractivity contribution in [2.45, 2.75) is 35.0 Å². The van der Waals surface area contributed by atoms with Crippen LogP contribution in [0.3, 0.4) is 0 Å². The molecule has 2 heterocycles. The Hall–Kier alpha value is -1.64. The number of rotatable bonds is 6. The van der Waals surface area contributed by atoms with Gasteiger partial charge in [-0.05, 0) is 56.6 Å². The fourth-order valence-electron chi connectivity index (χ4n) is 5.56.